The van der Waals surface area contributed by atoms with Gasteiger partial charge >= 0.3 is 6.18 Å². The Bertz CT molecular complexity index is 1490. The van der Waals surface area contributed by atoms with Crippen LogP contribution in [0.15, 0.2) is 85.0 Å². The van der Waals surface area contributed by atoms with E-state index < -0.39 is 29.7 Å². The topological polar surface area (TPSA) is 111 Å². The summed E-state index contributed by atoms with van der Waals surface area (Å²) in [5.41, 5.74) is 2.29. The molecule has 10 heteroatoms. The highest BCUT2D eigenvalue weighted by molar-refractivity contribution is 6.03. The maximum absolute atomic E-state index is 13.1. The normalized spacial score (nSPS) is 15.3. The summed E-state index contributed by atoms with van der Waals surface area (Å²) < 4.78 is 44.6. The molecule has 3 aromatic rings. The van der Waals surface area contributed by atoms with Gasteiger partial charge in [0.1, 0.15) is 17.9 Å². The summed E-state index contributed by atoms with van der Waals surface area (Å²) in [6, 6.07) is 18.2. The second-order valence-corrected chi connectivity index (χ2v) is 8.52. The molecule has 1 unspecified atom stereocenters. The monoisotopic (exact) mass is 533 g/mol. The SMILES string of the molecule is N#CCOc1cccc(C(=CC=CC(=O)Nc2cccc3c2CC(O)C(=O)N3)c2ccc(C(F)(F)F)cc2)c1. The Hall–Kier alpha value is -4.88. The number of anilines is 2. The summed E-state index contributed by atoms with van der Waals surface area (Å²) in [7, 11) is 0. The molecule has 1 aliphatic rings. The fourth-order valence-electron chi connectivity index (χ4n) is 4.02. The molecule has 1 atom stereocenters. The number of carbonyl (C=O) groups is 2. The summed E-state index contributed by atoms with van der Waals surface area (Å²) in [6.07, 6.45) is -1.39. The predicted molar refractivity (Wildman–Crippen MR) is 139 cm³/mol. The number of amides is 2. The number of halogens is 3. The van der Waals surface area contributed by atoms with E-state index in [0.29, 0.717) is 39.4 Å². The minimum atomic E-state index is -4.49. The molecule has 0 aromatic heterocycles. The van der Waals surface area contributed by atoms with E-state index in [4.69, 9.17) is 10.00 Å². The molecule has 39 heavy (non-hydrogen) atoms. The molecule has 7 nitrogen and oxygen atoms in total. The number of aliphatic hydroxyl groups is 1. The number of nitriles is 1. The van der Waals surface area contributed by atoms with E-state index in [9.17, 15) is 27.9 Å². The van der Waals surface area contributed by atoms with Gasteiger partial charge < -0.3 is 20.5 Å². The molecule has 0 saturated heterocycles. The van der Waals surface area contributed by atoms with E-state index in [1.54, 1.807) is 48.5 Å². The van der Waals surface area contributed by atoms with Gasteiger partial charge in [0.05, 0.1) is 5.56 Å². The Balaban J connectivity index is 1.61. The van der Waals surface area contributed by atoms with Crippen LogP contribution in [0.3, 0.4) is 0 Å². The van der Waals surface area contributed by atoms with Gasteiger partial charge in [-0.3, -0.25) is 9.59 Å². The van der Waals surface area contributed by atoms with Crippen molar-refractivity contribution in [2.24, 2.45) is 0 Å². The quantitative estimate of drug-likeness (QED) is 0.289. The summed E-state index contributed by atoms with van der Waals surface area (Å²) in [4.78, 5) is 24.4. The van der Waals surface area contributed by atoms with Crippen LogP contribution in [0.5, 0.6) is 5.75 Å². The van der Waals surface area contributed by atoms with Gasteiger partial charge in [-0.25, -0.2) is 0 Å². The lowest BCUT2D eigenvalue weighted by Gasteiger charge is -2.23. The number of carbonyl (C=O) groups excluding carboxylic acids is 2. The van der Waals surface area contributed by atoms with E-state index in [1.165, 1.54) is 24.3 Å². The van der Waals surface area contributed by atoms with Crippen LogP contribution in [0.4, 0.5) is 24.5 Å². The summed E-state index contributed by atoms with van der Waals surface area (Å²) in [6.45, 7) is -0.174. The highest BCUT2D eigenvalue weighted by Gasteiger charge is 2.30. The van der Waals surface area contributed by atoms with Crippen LogP contribution in [-0.4, -0.2) is 29.6 Å². The Morgan fingerprint density at radius 3 is 2.59 bits per heavy atom. The zero-order valence-corrected chi connectivity index (χ0v) is 20.3. The van der Waals surface area contributed by atoms with Crippen LogP contribution in [-0.2, 0) is 22.2 Å². The number of alkyl halides is 3. The van der Waals surface area contributed by atoms with Gasteiger partial charge in [0.25, 0.3) is 5.91 Å². The molecule has 0 saturated carbocycles. The van der Waals surface area contributed by atoms with Crippen molar-refractivity contribution < 1.29 is 32.6 Å². The number of aliphatic hydroxyl groups excluding tert-OH is 1. The number of benzene rings is 3. The van der Waals surface area contributed by atoms with Crippen molar-refractivity contribution in [2.75, 3.05) is 17.2 Å². The second kappa shape index (κ2) is 11.7. The maximum atomic E-state index is 13.1. The van der Waals surface area contributed by atoms with Crippen LogP contribution in [0.25, 0.3) is 5.57 Å². The molecule has 3 N–H and O–H groups in total. The number of rotatable bonds is 7. The lowest BCUT2D eigenvalue weighted by Crippen LogP contribution is -2.34. The standard InChI is InChI=1S/C29H22F3N3O4/c30-29(31,32)20-12-10-18(11-13-20)22(19-4-1-5-21(16-19)39-15-14-33)6-2-9-27(37)34-24-7-3-8-25-23(24)17-26(36)28(38)35-25/h1-13,16,26,36H,15,17H2,(H,34,37)(H,35,38). The first-order valence-corrected chi connectivity index (χ1v) is 11.7. The molecular weight excluding hydrogens is 511 g/mol. The van der Waals surface area contributed by atoms with Gasteiger partial charge in [-0.05, 0) is 53.1 Å². The first-order valence-electron chi connectivity index (χ1n) is 11.7. The van der Waals surface area contributed by atoms with Crippen LogP contribution in [0.2, 0.25) is 0 Å². The number of hydrogen-bond acceptors (Lipinski definition) is 5. The third-order valence-electron chi connectivity index (χ3n) is 5.87. The zero-order chi connectivity index (χ0) is 28.0. The summed E-state index contributed by atoms with van der Waals surface area (Å²) in [5.74, 6) is -0.616. The maximum Gasteiger partial charge on any atom is 0.416 e. The smallest absolute Gasteiger partial charge is 0.416 e. The van der Waals surface area contributed by atoms with E-state index in [0.717, 1.165) is 12.1 Å². The number of nitrogens with zero attached hydrogens (tertiary/aromatic N) is 1. The third kappa shape index (κ3) is 6.71. The van der Waals surface area contributed by atoms with Gasteiger partial charge in [-0.1, -0.05) is 42.5 Å². The van der Waals surface area contributed by atoms with Crippen molar-refractivity contribution in [2.45, 2.75) is 18.7 Å². The number of allylic oxidation sites excluding steroid dienone is 2. The third-order valence-corrected chi connectivity index (χ3v) is 5.87. The van der Waals surface area contributed by atoms with Crippen LogP contribution >= 0.6 is 0 Å². The lowest BCUT2D eigenvalue weighted by molar-refractivity contribution is -0.137. The van der Waals surface area contributed by atoms with E-state index in [-0.39, 0.29) is 13.0 Å². The highest BCUT2D eigenvalue weighted by Crippen LogP contribution is 2.33. The number of fused-ring (bicyclic) bond motifs is 1. The number of ether oxygens (including phenoxy) is 1. The van der Waals surface area contributed by atoms with Crippen molar-refractivity contribution in [1.82, 2.24) is 0 Å². The first-order chi connectivity index (χ1) is 18.7. The average Bonchev–Trinajstić information content (AvgIpc) is 2.91. The van der Waals surface area contributed by atoms with Crippen LogP contribution in [0.1, 0.15) is 22.3 Å². The van der Waals surface area contributed by atoms with Gasteiger partial charge in [0.15, 0.2) is 6.61 Å². The van der Waals surface area contributed by atoms with Gasteiger partial charge in [0, 0.05) is 29.4 Å². The number of nitrogens with one attached hydrogen (secondary N) is 2. The fraction of sp³-hybridized carbons (Fsp3) is 0.138. The molecule has 2 amide bonds. The average molecular weight is 534 g/mol. The van der Waals surface area contributed by atoms with Crippen molar-refractivity contribution in [1.29, 1.82) is 5.26 Å². The van der Waals surface area contributed by atoms with Crippen LogP contribution < -0.4 is 15.4 Å². The van der Waals surface area contributed by atoms with E-state index in [1.807, 2.05) is 6.07 Å². The van der Waals surface area contributed by atoms with Gasteiger partial charge in [-0.15, -0.1) is 0 Å². The molecule has 0 spiro atoms. The zero-order valence-electron chi connectivity index (χ0n) is 20.3. The molecule has 0 fully saturated rings. The van der Waals surface area contributed by atoms with E-state index in [2.05, 4.69) is 10.6 Å². The molecule has 198 valence electrons. The summed E-state index contributed by atoms with van der Waals surface area (Å²) >= 11 is 0. The molecule has 4 rings (SSSR count). The molecule has 1 heterocycles. The Labute approximate surface area is 221 Å². The number of hydrogen-bond donors (Lipinski definition) is 3. The molecule has 0 aliphatic carbocycles. The minimum Gasteiger partial charge on any atom is -0.479 e. The van der Waals surface area contributed by atoms with Crippen molar-refractivity contribution in [3.05, 3.63) is 107 Å². The fourth-order valence-corrected chi connectivity index (χ4v) is 4.02. The largest absolute Gasteiger partial charge is 0.479 e. The second-order valence-electron chi connectivity index (χ2n) is 8.52. The molecule has 0 radical (unpaired) electrons. The minimum absolute atomic E-state index is 0.0452. The lowest BCUT2D eigenvalue weighted by atomic mass is 9.96. The molecule has 0 bridgehead atoms. The summed E-state index contributed by atoms with van der Waals surface area (Å²) in [5, 5.41) is 24.0. The Morgan fingerprint density at radius 2 is 1.87 bits per heavy atom. The van der Waals surface area contributed by atoms with Crippen molar-refractivity contribution in [3.8, 4) is 11.8 Å². The molecule has 3 aromatic carbocycles. The first kappa shape index (κ1) is 27.2. The van der Waals surface area contributed by atoms with Crippen molar-refractivity contribution >= 4 is 28.8 Å². The Kier molecular flexibility index (Phi) is 8.13. The van der Waals surface area contributed by atoms with Gasteiger partial charge in [0.2, 0.25) is 5.91 Å². The Morgan fingerprint density at radius 1 is 1.13 bits per heavy atom. The van der Waals surface area contributed by atoms with Crippen molar-refractivity contribution in [3.63, 3.8) is 0 Å². The van der Waals surface area contributed by atoms with Crippen LogP contribution in [0, 0.1) is 11.3 Å². The van der Waals surface area contributed by atoms with E-state index >= 15 is 0 Å². The molecule has 1 aliphatic heterocycles. The predicted octanol–water partition coefficient (Wildman–Crippen LogP) is 5.09. The molecular formula is C29H22F3N3O4. The van der Waals surface area contributed by atoms with Gasteiger partial charge in [-0.2, -0.15) is 18.4 Å². The highest BCUT2D eigenvalue weighted by atomic mass is 19.4.